The molecule has 0 aromatic heterocycles. The number of hydrogen-bond donors (Lipinski definition) is 5. The third kappa shape index (κ3) is 37.7. The Hall–Kier alpha value is -3.92. The highest BCUT2D eigenvalue weighted by atomic mass is 31.2. The molecule has 2 aromatic rings. The van der Waals surface area contributed by atoms with Crippen LogP contribution in [0.4, 0.5) is 11.4 Å². The fourth-order valence-corrected chi connectivity index (χ4v) is 8.87. The Bertz CT molecular complexity index is 1650. The Morgan fingerprint density at radius 3 is 0.940 bits per heavy atom. The predicted molar refractivity (Wildman–Crippen MR) is 257 cm³/mol. The van der Waals surface area contributed by atoms with E-state index in [9.17, 15) is 34.4 Å². The number of carboxylic acids is 2. The lowest BCUT2D eigenvalue weighted by Crippen LogP contribution is -2.13. The van der Waals surface area contributed by atoms with Crippen molar-refractivity contribution in [3.8, 4) is 11.5 Å². The van der Waals surface area contributed by atoms with Gasteiger partial charge in [0.05, 0.1) is 16.5 Å². The van der Waals surface area contributed by atoms with Crippen molar-refractivity contribution in [2.45, 2.75) is 199 Å². The van der Waals surface area contributed by atoms with Gasteiger partial charge >= 0.3 is 27.6 Å². The first-order chi connectivity index (χ1) is 32.0. The minimum Gasteiger partial charge on any atom is -0.481 e. The first kappa shape index (κ1) is 61.1. The van der Waals surface area contributed by atoms with Gasteiger partial charge in [-0.1, -0.05) is 161 Å². The molecule has 0 saturated carbocycles. The molecule has 0 saturated heterocycles. The molecular formula is C47H78N2O16P2. The van der Waals surface area contributed by atoms with Gasteiger partial charge in [-0.25, -0.2) is 9.13 Å². The first-order valence-electron chi connectivity index (χ1n) is 24.3. The van der Waals surface area contributed by atoms with Crippen LogP contribution in [0.25, 0.3) is 0 Å². The Morgan fingerprint density at radius 1 is 0.463 bits per heavy atom. The standard InChI is InChI=1S/C47H75N2O12P.H3O4P/c50-46(51)30-26-22-18-14-10-6-2-1-4-8-12-16-20-24-28-41(29-25-21-17-13-9-5-3-7-11-15-19-23-27-31-47(52)53)40-59-62(58,60-44-36-32-42(33-37-44)48(54)55)61-45-38-34-43(35-39-45)49(56)57;1-5(2,3)4/h32-39,41H,1-31,40H2,(H,50,51)(H,52,53);(H3,1,2,3,4). The van der Waals surface area contributed by atoms with E-state index in [1.165, 1.54) is 145 Å². The predicted octanol–water partition coefficient (Wildman–Crippen LogP) is 14.0. The van der Waals surface area contributed by atoms with Crippen molar-refractivity contribution >= 4 is 39.0 Å². The fourth-order valence-electron chi connectivity index (χ4n) is 7.58. The second-order valence-electron chi connectivity index (χ2n) is 17.2. The average molecular weight is 989 g/mol. The van der Waals surface area contributed by atoms with E-state index in [1.807, 2.05) is 0 Å². The molecule has 18 nitrogen and oxygen atoms in total. The maximum absolute atomic E-state index is 14.2. The number of nitro benzene ring substituents is 2. The van der Waals surface area contributed by atoms with Gasteiger partial charge in [-0.05, 0) is 55.9 Å². The topological polar surface area (TPSA) is 283 Å². The van der Waals surface area contributed by atoms with Crippen molar-refractivity contribution in [2.24, 2.45) is 5.92 Å². The summed E-state index contributed by atoms with van der Waals surface area (Å²) in [7, 11) is -8.97. The van der Waals surface area contributed by atoms with Crippen molar-refractivity contribution in [2.75, 3.05) is 6.61 Å². The maximum atomic E-state index is 14.2. The molecule has 0 bridgehead atoms. The summed E-state index contributed by atoms with van der Waals surface area (Å²) >= 11 is 0. The molecular weight excluding hydrogens is 910 g/mol. The van der Waals surface area contributed by atoms with Gasteiger partial charge in [0, 0.05) is 37.1 Å². The molecule has 0 heterocycles. The lowest BCUT2D eigenvalue weighted by molar-refractivity contribution is -0.385. The lowest BCUT2D eigenvalue weighted by Gasteiger charge is -2.22. The van der Waals surface area contributed by atoms with Gasteiger partial charge in [0.1, 0.15) is 11.5 Å². The zero-order valence-electron chi connectivity index (χ0n) is 39.3. The Labute approximate surface area is 396 Å². The minimum absolute atomic E-state index is 0.0651. The number of nitrogens with zero attached hydrogens (tertiary/aromatic N) is 2. The second-order valence-corrected chi connectivity index (χ2v) is 19.8. The van der Waals surface area contributed by atoms with Gasteiger partial charge in [-0.15, -0.1) is 0 Å². The first-order valence-corrected chi connectivity index (χ1v) is 27.3. The van der Waals surface area contributed by atoms with Gasteiger partial charge in [-0.3, -0.25) is 34.3 Å². The summed E-state index contributed by atoms with van der Waals surface area (Å²) < 4.78 is 40.6. The van der Waals surface area contributed by atoms with Crippen molar-refractivity contribution in [3.05, 3.63) is 68.8 Å². The number of non-ortho nitro benzene ring substituents is 2. The SMILES string of the molecule is O=C(O)CCCCCCCCCCCCCCCCC(CCCCCCCCCCCCCCCC(=O)O)COP(=O)(Oc1ccc([N+](=O)[O-])cc1)Oc1ccc([N+](=O)[O-])cc1.O=P(O)(O)O. The molecule has 20 heteroatoms. The Balaban J connectivity index is 0.00000424. The van der Waals surface area contributed by atoms with Crippen molar-refractivity contribution in [3.63, 3.8) is 0 Å². The van der Waals surface area contributed by atoms with Crippen LogP contribution in [-0.2, 0) is 23.2 Å². The molecule has 0 aliphatic rings. The molecule has 0 spiro atoms. The molecule has 1 unspecified atom stereocenters. The van der Waals surface area contributed by atoms with E-state index in [-0.39, 0.29) is 48.2 Å². The zero-order valence-corrected chi connectivity index (χ0v) is 41.1. The highest BCUT2D eigenvalue weighted by Gasteiger charge is 2.33. The van der Waals surface area contributed by atoms with E-state index in [0.29, 0.717) is 0 Å². The number of nitro groups is 2. The quantitative estimate of drug-likeness (QED) is 0.0179. The number of hydrogen-bond acceptors (Lipinski definition) is 11. The fraction of sp³-hybridized carbons (Fsp3) is 0.702. The number of unbranched alkanes of at least 4 members (excludes halogenated alkanes) is 25. The molecule has 2 aromatic carbocycles. The molecule has 67 heavy (non-hydrogen) atoms. The molecule has 0 fully saturated rings. The molecule has 0 radical (unpaired) electrons. The normalized spacial score (nSPS) is 11.9. The van der Waals surface area contributed by atoms with Gasteiger partial charge in [0.15, 0.2) is 0 Å². The van der Waals surface area contributed by atoms with Gasteiger partial charge in [0.25, 0.3) is 11.4 Å². The number of benzene rings is 2. The molecule has 5 N–H and O–H groups in total. The summed E-state index contributed by atoms with van der Waals surface area (Å²) in [5, 5.41) is 39.9. The molecule has 382 valence electrons. The summed E-state index contributed by atoms with van der Waals surface area (Å²) in [6, 6.07) is 10.3. The molecule has 0 amide bonds. The Morgan fingerprint density at radius 2 is 0.701 bits per heavy atom. The second kappa shape index (κ2) is 38.0. The highest BCUT2D eigenvalue weighted by molar-refractivity contribution is 7.49. The molecule has 2 rings (SSSR count). The monoisotopic (exact) mass is 988 g/mol. The third-order valence-corrected chi connectivity index (χ3v) is 12.6. The number of rotatable bonds is 42. The Kier molecular flexibility index (Phi) is 34.6. The lowest BCUT2D eigenvalue weighted by atomic mass is 9.94. The third-order valence-electron chi connectivity index (χ3n) is 11.3. The molecule has 1 atom stereocenters. The van der Waals surface area contributed by atoms with Gasteiger partial charge < -0.3 is 33.9 Å². The van der Waals surface area contributed by atoms with Crippen LogP contribution in [-0.4, -0.2) is 53.3 Å². The summed E-state index contributed by atoms with van der Waals surface area (Å²) in [5.74, 6) is -1.19. The largest absolute Gasteiger partial charge is 0.587 e. The van der Waals surface area contributed by atoms with Crippen LogP contribution in [0, 0.1) is 26.1 Å². The number of phosphoric ester groups is 1. The molecule has 0 aliphatic heterocycles. The van der Waals surface area contributed by atoms with Gasteiger partial charge in [0.2, 0.25) is 0 Å². The van der Waals surface area contributed by atoms with Crippen LogP contribution in [0.5, 0.6) is 11.5 Å². The minimum atomic E-state index is -4.64. The van der Waals surface area contributed by atoms with E-state index < -0.39 is 37.4 Å². The van der Waals surface area contributed by atoms with Crippen molar-refractivity contribution < 1.29 is 67.0 Å². The summed E-state index contributed by atoms with van der Waals surface area (Å²) in [4.78, 5) is 64.1. The summed E-state index contributed by atoms with van der Waals surface area (Å²) in [5.41, 5.74) is -0.310. The van der Waals surface area contributed by atoms with Crippen LogP contribution < -0.4 is 9.05 Å². The van der Waals surface area contributed by atoms with Crippen molar-refractivity contribution in [1.29, 1.82) is 0 Å². The van der Waals surface area contributed by atoms with Crippen LogP contribution in [0.15, 0.2) is 48.5 Å². The summed E-state index contributed by atoms with van der Waals surface area (Å²) in [6.45, 7) is 0.124. The number of phosphoric acid groups is 2. The van der Waals surface area contributed by atoms with Gasteiger partial charge in [-0.2, -0.15) is 0 Å². The number of aliphatic carboxylic acids is 2. The van der Waals surface area contributed by atoms with Crippen LogP contribution in [0.2, 0.25) is 0 Å². The van der Waals surface area contributed by atoms with Crippen molar-refractivity contribution in [1.82, 2.24) is 0 Å². The smallest absolute Gasteiger partial charge is 0.481 e. The molecule has 0 aliphatic carbocycles. The van der Waals surface area contributed by atoms with E-state index in [1.54, 1.807) is 0 Å². The number of carboxylic acid groups (broad SMARTS) is 2. The van der Waals surface area contributed by atoms with Crippen LogP contribution in [0.1, 0.15) is 199 Å². The highest BCUT2D eigenvalue weighted by Crippen LogP contribution is 2.50. The maximum Gasteiger partial charge on any atom is 0.587 e. The van der Waals surface area contributed by atoms with E-state index in [0.717, 1.165) is 89.9 Å². The zero-order chi connectivity index (χ0) is 49.6. The van der Waals surface area contributed by atoms with Crippen LogP contribution >= 0.6 is 15.6 Å². The summed E-state index contributed by atoms with van der Waals surface area (Å²) in [6.07, 6.45) is 32.9. The van der Waals surface area contributed by atoms with Crippen LogP contribution in [0.3, 0.4) is 0 Å². The van der Waals surface area contributed by atoms with E-state index in [4.69, 9.17) is 43.0 Å². The number of carbonyl (C=O) groups is 2. The van der Waals surface area contributed by atoms with E-state index >= 15 is 0 Å². The van der Waals surface area contributed by atoms with E-state index in [2.05, 4.69) is 0 Å². The average Bonchev–Trinajstić information content (AvgIpc) is 3.26.